The lowest BCUT2D eigenvalue weighted by atomic mass is 9.82. The lowest BCUT2D eigenvalue weighted by Gasteiger charge is -2.30. The van der Waals surface area contributed by atoms with Crippen LogP contribution in [0.25, 0.3) is 0 Å². The lowest BCUT2D eigenvalue weighted by molar-refractivity contribution is -0.122. The van der Waals surface area contributed by atoms with Crippen molar-refractivity contribution in [1.82, 2.24) is 0 Å². The lowest BCUT2D eigenvalue weighted by Crippen LogP contribution is -2.24. The summed E-state index contributed by atoms with van der Waals surface area (Å²) < 4.78 is 6.20. The standard InChI is InChI=1S/C23H28O.CH2O2/c1-2-6-22(7-3-1)24-23-8-4-5-21(17-23)20-15-13-19(14-16-20)12-11-18-9-10-18;2-1-3/h1-3,6-7,13-16,18,21,23H,4-5,8-12,17H2;1H,(H,2,3). The van der Waals surface area contributed by atoms with Crippen LogP contribution in [-0.2, 0) is 11.2 Å². The second-order valence-electron chi connectivity index (χ2n) is 7.75. The number of benzene rings is 2. The number of carbonyl (C=O) groups is 1. The van der Waals surface area contributed by atoms with Gasteiger partial charge in [0.1, 0.15) is 5.75 Å². The summed E-state index contributed by atoms with van der Waals surface area (Å²) in [5.41, 5.74) is 3.02. The van der Waals surface area contributed by atoms with Crippen molar-refractivity contribution in [2.24, 2.45) is 5.92 Å². The summed E-state index contributed by atoms with van der Waals surface area (Å²) in [5.74, 6) is 2.70. The molecule has 2 aromatic carbocycles. The van der Waals surface area contributed by atoms with Crippen LogP contribution in [0.4, 0.5) is 0 Å². The molecule has 2 saturated carbocycles. The zero-order valence-corrected chi connectivity index (χ0v) is 15.9. The van der Waals surface area contributed by atoms with Gasteiger partial charge in [0.15, 0.2) is 0 Å². The van der Waals surface area contributed by atoms with Crippen LogP contribution < -0.4 is 4.74 Å². The second kappa shape index (κ2) is 10.1. The van der Waals surface area contributed by atoms with Gasteiger partial charge in [-0.3, -0.25) is 4.79 Å². The van der Waals surface area contributed by atoms with Crippen molar-refractivity contribution in [3.8, 4) is 5.75 Å². The van der Waals surface area contributed by atoms with Gasteiger partial charge >= 0.3 is 0 Å². The monoisotopic (exact) mass is 366 g/mol. The molecule has 1 N–H and O–H groups in total. The molecule has 3 nitrogen and oxygen atoms in total. The fourth-order valence-corrected chi connectivity index (χ4v) is 3.98. The number of para-hydroxylation sites is 1. The van der Waals surface area contributed by atoms with Gasteiger partial charge < -0.3 is 9.84 Å². The van der Waals surface area contributed by atoms with Crippen molar-refractivity contribution < 1.29 is 14.6 Å². The summed E-state index contributed by atoms with van der Waals surface area (Å²) in [7, 11) is 0. The molecule has 2 fully saturated rings. The van der Waals surface area contributed by atoms with E-state index in [4.69, 9.17) is 14.6 Å². The third kappa shape index (κ3) is 6.42. The number of hydrogen-bond acceptors (Lipinski definition) is 2. The van der Waals surface area contributed by atoms with E-state index in [1.807, 2.05) is 6.07 Å². The molecule has 2 aliphatic rings. The predicted octanol–water partition coefficient (Wildman–Crippen LogP) is 5.84. The molecule has 27 heavy (non-hydrogen) atoms. The number of aryl methyl sites for hydroxylation is 1. The van der Waals surface area contributed by atoms with Gasteiger partial charge in [0.2, 0.25) is 0 Å². The summed E-state index contributed by atoms with van der Waals surface area (Å²) >= 11 is 0. The van der Waals surface area contributed by atoms with Crippen molar-refractivity contribution in [3.05, 3.63) is 65.7 Å². The molecular weight excluding hydrogens is 336 g/mol. The number of carboxylic acid groups (broad SMARTS) is 1. The zero-order chi connectivity index (χ0) is 18.9. The topological polar surface area (TPSA) is 46.5 Å². The molecule has 2 unspecified atom stereocenters. The van der Waals surface area contributed by atoms with Gasteiger partial charge in [0.25, 0.3) is 6.47 Å². The Labute approximate surface area is 162 Å². The molecule has 0 spiro atoms. The molecule has 3 heteroatoms. The van der Waals surface area contributed by atoms with E-state index in [0.29, 0.717) is 12.0 Å². The first kappa shape index (κ1) is 19.5. The van der Waals surface area contributed by atoms with Gasteiger partial charge in [0.05, 0.1) is 6.10 Å². The maximum Gasteiger partial charge on any atom is 0.290 e. The first-order valence-corrected chi connectivity index (χ1v) is 10.2. The smallest absolute Gasteiger partial charge is 0.290 e. The van der Waals surface area contributed by atoms with E-state index >= 15 is 0 Å². The second-order valence-corrected chi connectivity index (χ2v) is 7.75. The van der Waals surface area contributed by atoms with Crippen LogP contribution in [0.2, 0.25) is 0 Å². The molecule has 0 radical (unpaired) electrons. The fraction of sp³-hybridized carbons (Fsp3) is 0.458. The summed E-state index contributed by atoms with van der Waals surface area (Å²) in [6.07, 6.45) is 10.8. The number of ether oxygens (including phenoxy) is 1. The number of hydrogen-bond donors (Lipinski definition) is 1. The molecule has 0 aromatic heterocycles. The van der Waals surface area contributed by atoms with Crippen LogP contribution in [-0.4, -0.2) is 17.7 Å². The molecule has 0 aliphatic heterocycles. The van der Waals surface area contributed by atoms with Crippen LogP contribution in [0.3, 0.4) is 0 Å². The van der Waals surface area contributed by atoms with Gasteiger partial charge in [0, 0.05) is 0 Å². The van der Waals surface area contributed by atoms with Crippen molar-refractivity contribution in [2.45, 2.75) is 63.4 Å². The molecule has 0 saturated heterocycles. The van der Waals surface area contributed by atoms with Crippen LogP contribution in [0, 0.1) is 5.92 Å². The molecule has 0 heterocycles. The SMILES string of the molecule is O=CO.c1ccc(OC2CCCC(c3ccc(CCC4CC4)cc3)C2)cc1. The minimum Gasteiger partial charge on any atom is -0.490 e. The number of rotatable bonds is 6. The van der Waals surface area contributed by atoms with Gasteiger partial charge in [-0.15, -0.1) is 0 Å². The summed E-state index contributed by atoms with van der Waals surface area (Å²) in [6, 6.07) is 19.7. The first-order valence-electron chi connectivity index (χ1n) is 10.2. The van der Waals surface area contributed by atoms with Crippen molar-refractivity contribution in [1.29, 1.82) is 0 Å². The van der Waals surface area contributed by atoms with Gasteiger partial charge in [-0.2, -0.15) is 0 Å². The average molecular weight is 367 g/mol. The van der Waals surface area contributed by atoms with E-state index in [2.05, 4.69) is 48.5 Å². The van der Waals surface area contributed by atoms with Crippen LogP contribution >= 0.6 is 0 Å². The summed E-state index contributed by atoms with van der Waals surface area (Å²) in [4.78, 5) is 8.36. The Morgan fingerprint density at radius 1 is 0.963 bits per heavy atom. The summed E-state index contributed by atoms with van der Waals surface area (Å²) in [5, 5.41) is 6.89. The van der Waals surface area contributed by atoms with Crippen LogP contribution in [0.1, 0.15) is 62.0 Å². The van der Waals surface area contributed by atoms with Gasteiger partial charge in [-0.25, -0.2) is 0 Å². The molecule has 2 atom stereocenters. The minimum absolute atomic E-state index is 0.250. The maximum atomic E-state index is 8.36. The van der Waals surface area contributed by atoms with E-state index in [9.17, 15) is 0 Å². The Balaban J connectivity index is 0.000000659. The van der Waals surface area contributed by atoms with Gasteiger partial charge in [-0.1, -0.05) is 55.3 Å². The normalized spacial score (nSPS) is 21.6. The average Bonchev–Trinajstić information content (AvgIpc) is 3.53. The Morgan fingerprint density at radius 3 is 2.33 bits per heavy atom. The Morgan fingerprint density at radius 2 is 1.67 bits per heavy atom. The van der Waals surface area contributed by atoms with E-state index in [-0.39, 0.29) is 6.47 Å². The van der Waals surface area contributed by atoms with Gasteiger partial charge in [-0.05, 0) is 73.6 Å². The molecule has 144 valence electrons. The molecule has 0 bridgehead atoms. The summed E-state index contributed by atoms with van der Waals surface area (Å²) in [6.45, 7) is -0.250. The van der Waals surface area contributed by atoms with E-state index in [0.717, 1.165) is 18.1 Å². The van der Waals surface area contributed by atoms with Crippen molar-refractivity contribution in [3.63, 3.8) is 0 Å². The van der Waals surface area contributed by atoms with Crippen LogP contribution in [0.15, 0.2) is 54.6 Å². The highest BCUT2D eigenvalue weighted by molar-refractivity contribution is 5.32. The minimum atomic E-state index is -0.250. The highest BCUT2D eigenvalue weighted by Crippen LogP contribution is 2.36. The quantitative estimate of drug-likeness (QED) is 0.654. The third-order valence-corrected chi connectivity index (χ3v) is 5.66. The molecule has 0 amide bonds. The highest BCUT2D eigenvalue weighted by atomic mass is 16.5. The molecular formula is C24H30O3. The van der Waals surface area contributed by atoms with Crippen LogP contribution in [0.5, 0.6) is 5.75 Å². The van der Waals surface area contributed by atoms with E-state index in [1.54, 1.807) is 0 Å². The largest absolute Gasteiger partial charge is 0.490 e. The Kier molecular flexibility index (Phi) is 7.32. The fourth-order valence-electron chi connectivity index (χ4n) is 3.98. The Bertz CT molecular complexity index is 677. The predicted molar refractivity (Wildman–Crippen MR) is 108 cm³/mol. The van der Waals surface area contributed by atoms with E-state index in [1.165, 1.54) is 56.1 Å². The maximum absolute atomic E-state index is 8.36. The molecule has 2 aliphatic carbocycles. The third-order valence-electron chi connectivity index (χ3n) is 5.66. The Hall–Kier alpha value is -2.29. The first-order chi connectivity index (χ1) is 13.3. The highest BCUT2D eigenvalue weighted by Gasteiger charge is 2.25. The van der Waals surface area contributed by atoms with Crippen molar-refractivity contribution >= 4 is 6.47 Å². The zero-order valence-electron chi connectivity index (χ0n) is 15.9. The molecule has 2 aromatic rings. The van der Waals surface area contributed by atoms with Crippen molar-refractivity contribution in [2.75, 3.05) is 0 Å². The van der Waals surface area contributed by atoms with E-state index < -0.39 is 0 Å². The molecule has 4 rings (SSSR count).